The fraction of sp³-hybridized carbons (Fsp3) is 0.400. The van der Waals surface area contributed by atoms with Gasteiger partial charge >= 0.3 is 0 Å². The van der Waals surface area contributed by atoms with E-state index >= 15 is 0 Å². The zero-order chi connectivity index (χ0) is 18.3. The number of likely N-dealkylation sites (tertiary alicyclic amines) is 1. The van der Waals surface area contributed by atoms with Crippen LogP contribution in [0.4, 0.5) is 5.69 Å². The molecule has 0 N–H and O–H groups in total. The van der Waals surface area contributed by atoms with Gasteiger partial charge in [0.2, 0.25) is 6.79 Å². The van der Waals surface area contributed by atoms with Gasteiger partial charge in [0.1, 0.15) is 0 Å². The van der Waals surface area contributed by atoms with Gasteiger partial charge in [0.15, 0.2) is 11.5 Å². The summed E-state index contributed by atoms with van der Waals surface area (Å²) < 4.78 is 10.7. The van der Waals surface area contributed by atoms with Crippen LogP contribution in [0, 0.1) is 6.92 Å². The Morgan fingerprint density at radius 2 is 2.00 bits per heavy atom. The van der Waals surface area contributed by atoms with Crippen LogP contribution in [0.5, 0.6) is 11.5 Å². The average molecular weight is 353 g/mol. The number of carbonyl (C=O) groups excluding carboxylic acids is 1. The molecule has 3 heterocycles. The lowest BCUT2D eigenvalue weighted by molar-refractivity contribution is 0.0790. The lowest BCUT2D eigenvalue weighted by atomic mass is 10.0. The molecule has 0 saturated carbocycles. The summed E-state index contributed by atoms with van der Waals surface area (Å²) in [7, 11) is 4.06. The molecule has 0 radical (unpaired) electrons. The van der Waals surface area contributed by atoms with Crippen LogP contribution >= 0.6 is 0 Å². The van der Waals surface area contributed by atoms with E-state index < -0.39 is 0 Å². The molecule has 6 heteroatoms. The van der Waals surface area contributed by atoms with Gasteiger partial charge in [-0.1, -0.05) is 0 Å². The molecule has 2 aliphatic heterocycles. The summed E-state index contributed by atoms with van der Waals surface area (Å²) in [5, 5.41) is 0. The lowest BCUT2D eigenvalue weighted by Crippen LogP contribution is -2.28. The predicted molar refractivity (Wildman–Crippen MR) is 99.1 cm³/mol. The van der Waals surface area contributed by atoms with Gasteiger partial charge in [-0.15, -0.1) is 0 Å². The van der Waals surface area contributed by atoms with E-state index in [4.69, 9.17) is 14.5 Å². The summed E-state index contributed by atoms with van der Waals surface area (Å²) in [6.45, 7) is 3.66. The first-order chi connectivity index (χ1) is 12.5. The summed E-state index contributed by atoms with van der Waals surface area (Å²) in [5.41, 5.74) is 3.86. The second-order valence-corrected chi connectivity index (χ2v) is 7.09. The minimum absolute atomic E-state index is 0.0336. The third-order valence-electron chi connectivity index (χ3n) is 4.99. The molecule has 1 atom stereocenters. The molecular weight excluding hydrogens is 330 g/mol. The molecule has 1 amide bonds. The molecule has 1 aromatic carbocycles. The van der Waals surface area contributed by atoms with Crippen LogP contribution in [0.15, 0.2) is 30.3 Å². The van der Waals surface area contributed by atoms with Crippen molar-refractivity contribution >= 4 is 11.6 Å². The highest BCUT2D eigenvalue weighted by Crippen LogP contribution is 2.34. The van der Waals surface area contributed by atoms with E-state index in [2.05, 4.69) is 17.0 Å². The number of fused-ring (bicyclic) bond motifs is 1. The topological polar surface area (TPSA) is 54.9 Å². The molecular formula is C20H23N3O3. The Hall–Kier alpha value is -2.76. The molecule has 6 nitrogen and oxygen atoms in total. The first kappa shape index (κ1) is 16.7. The SMILES string of the molecule is Cc1cc(N(C)C)cc(C2CCN(C(=O)c3ccc4c(c3)OCO4)C2)n1. The second-order valence-electron chi connectivity index (χ2n) is 7.09. The van der Waals surface area contributed by atoms with E-state index in [1.807, 2.05) is 25.9 Å². The van der Waals surface area contributed by atoms with E-state index in [9.17, 15) is 4.79 Å². The second kappa shape index (κ2) is 6.52. The molecule has 4 rings (SSSR count). The molecule has 0 spiro atoms. The zero-order valence-electron chi connectivity index (χ0n) is 15.4. The summed E-state index contributed by atoms with van der Waals surface area (Å²) in [5.74, 6) is 1.64. The van der Waals surface area contributed by atoms with Crippen LogP contribution in [0.1, 0.15) is 34.1 Å². The van der Waals surface area contributed by atoms with Gasteiger partial charge < -0.3 is 19.3 Å². The maximum atomic E-state index is 12.9. The first-order valence-corrected chi connectivity index (χ1v) is 8.86. The lowest BCUT2D eigenvalue weighted by Gasteiger charge is -2.19. The third kappa shape index (κ3) is 3.07. The Morgan fingerprint density at radius 3 is 2.81 bits per heavy atom. The van der Waals surface area contributed by atoms with Crippen LogP contribution < -0.4 is 14.4 Å². The molecule has 1 aromatic heterocycles. The number of hydrogen-bond acceptors (Lipinski definition) is 5. The van der Waals surface area contributed by atoms with Gasteiger partial charge in [0.25, 0.3) is 5.91 Å². The fourth-order valence-corrected chi connectivity index (χ4v) is 3.54. The van der Waals surface area contributed by atoms with Crippen molar-refractivity contribution in [3.05, 3.63) is 47.3 Å². The standard InChI is InChI=1S/C20H23N3O3/c1-13-8-16(22(2)3)10-17(21-13)15-6-7-23(11-15)20(24)14-4-5-18-19(9-14)26-12-25-18/h4-5,8-10,15H,6-7,11-12H2,1-3H3. The van der Waals surface area contributed by atoms with Gasteiger partial charge in [-0.05, 0) is 43.7 Å². The van der Waals surface area contributed by atoms with Crippen LogP contribution in [-0.4, -0.2) is 49.8 Å². The van der Waals surface area contributed by atoms with Crippen molar-refractivity contribution in [3.8, 4) is 11.5 Å². The largest absolute Gasteiger partial charge is 0.454 e. The number of amides is 1. The van der Waals surface area contributed by atoms with Crippen molar-refractivity contribution < 1.29 is 14.3 Å². The highest BCUT2D eigenvalue weighted by Gasteiger charge is 2.30. The Balaban J connectivity index is 1.51. The van der Waals surface area contributed by atoms with Crippen molar-refractivity contribution in [1.29, 1.82) is 0 Å². The summed E-state index contributed by atoms with van der Waals surface area (Å²) in [4.78, 5) is 21.6. The molecule has 2 aliphatic rings. The number of anilines is 1. The number of ether oxygens (including phenoxy) is 2. The van der Waals surface area contributed by atoms with Crippen LogP contribution in [-0.2, 0) is 0 Å². The van der Waals surface area contributed by atoms with Gasteiger partial charge in [-0.25, -0.2) is 0 Å². The quantitative estimate of drug-likeness (QED) is 0.849. The Bertz CT molecular complexity index is 850. The predicted octanol–water partition coefficient (Wildman–Crippen LogP) is 2.81. The normalized spacial score (nSPS) is 18.3. The average Bonchev–Trinajstić information content (AvgIpc) is 3.29. The minimum atomic E-state index is 0.0336. The Kier molecular flexibility index (Phi) is 4.18. The van der Waals surface area contributed by atoms with Gasteiger partial charge in [0, 0.05) is 55.7 Å². The Morgan fingerprint density at radius 1 is 1.19 bits per heavy atom. The monoisotopic (exact) mass is 353 g/mol. The van der Waals surface area contributed by atoms with Crippen LogP contribution in [0.2, 0.25) is 0 Å². The van der Waals surface area contributed by atoms with Crippen LogP contribution in [0.3, 0.4) is 0 Å². The van der Waals surface area contributed by atoms with Crippen LogP contribution in [0.25, 0.3) is 0 Å². The smallest absolute Gasteiger partial charge is 0.254 e. The fourth-order valence-electron chi connectivity index (χ4n) is 3.54. The summed E-state index contributed by atoms with van der Waals surface area (Å²) in [6, 6.07) is 9.58. The van der Waals surface area contributed by atoms with Gasteiger partial charge in [-0.3, -0.25) is 9.78 Å². The van der Waals surface area contributed by atoms with Crippen molar-refractivity contribution in [3.63, 3.8) is 0 Å². The molecule has 0 aliphatic carbocycles. The van der Waals surface area contributed by atoms with E-state index in [1.165, 1.54) is 0 Å². The van der Waals surface area contributed by atoms with E-state index in [1.54, 1.807) is 18.2 Å². The third-order valence-corrected chi connectivity index (χ3v) is 4.99. The minimum Gasteiger partial charge on any atom is -0.454 e. The molecule has 1 fully saturated rings. The van der Waals surface area contributed by atoms with Crippen molar-refractivity contribution in [2.45, 2.75) is 19.3 Å². The number of rotatable bonds is 3. The number of aromatic nitrogens is 1. The number of hydrogen-bond donors (Lipinski definition) is 0. The maximum Gasteiger partial charge on any atom is 0.254 e. The maximum absolute atomic E-state index is 12.9. The van der Waals surface area contributed by atoms with Gasteiger partial charge in [0.05, 0.1) is 0 Å². The first-order valence-electron chi connectivity index (χ1n) is 8.86. The Labute approximate surface area is 153 Å². The van der Waals surface area contributed by atoms with Crippen molar-refractivity contribution in [1.82, 2.24) is 9.88 Å². The molecule has 1 unspecified atom stereocenters. The summed E-state index contributed by atoms with van der Waals surface area (Å²) >= 11 is 0. The molecule has 2 aromatic rings. The highest BCUT2D eigenvalue weighted by atomic mass is 16.7. The molecule has 0 bridgehead atoms. The highest BCUT2D eigenvalue weighted by molar-refractivity contribution is 5.95. The molecule has 136 valence electrons. The van der Waals surface area contributed by atoms with Gasteiger partial charge in [-0.2, -0.15) is 0 Å². The molecule has 1 saturated heterocycles. The van der Waals surface area contributed by atoms with E-state index in [0.29, 0.717) is 23.6 Å². The molecule has 26 heavy (non-hydrogen) atoms. The number of benzene rings is 1. The zero-order valence-corrected chi connectivity index (χ0v) is 15.4. The number of nitrogens with zero attached hydrogens (tertiary/aromatic N) is 3. The number of aryl methyl sites for hydroxylation is 1. The van der Waals surface area contributed by atoms with E-state index in [-0.39, 0.29) is 18.6 Å². The van der Waals surface area contributed by atoms with E-state index in [0.717, 1.165) is 30.0 Å². The van der Waals surface area contributed by atoms with Crippen molar-refractivity contribution in [2.24, 2.45) is 0 Å². The summed E-state index contributed by atoms with van der Waals surface area (Å²) in [6.07, 6.45) is 0.930. The number of pyridine rings is 1. The number of carbonyl (C=O) groups is 1. The van der Waals surface area contributed by atoms with Crippen molar-refractivity contribution in [2.75, 3.05) is 38.9 Å².